The van der Waals surface area contributed by atoms with Gasteiger partial charge in [0.2, 0.25) is 0 Å². The maximum Gasteiger partial charge on any atom is 0.251 e. The quantitative estimate of drug-likeness (QED) is 0.759. The highest BCUT2D eigenvalue weighted by molar-refractivity contribution is 5.97. The molecule has 0 unspecified atom stereocenters. The molecule has 0 radical (unpaired) electrons. The summed E-state index contributed by atoms with van der Waals surface area (Å²) in [5.74, 6) is -0.0410. The molecule has 0 aliphatic carbocycles. The van der Waals surface area contributed by atoms with Crippen molar-refractivity contribution in [3.05, 3.63) is 66.4 Å². The van der Waals surface area contributed by atoms with Crippen LogP contribution in [0.15, 0.2) is 60.8 Å². The zero-order valence-electron chi connectivity index (χ0n) is 15.2. The predicted molar refractivity (Wildman–Crippen MR) is 107 cm³/mol. The van der Waals surface area contributed by atoms with Gasteiger partial charge in [0, 0.05) is 48.9 Å². The first-order chi connectivity index (χ1) is 13.3. The number of carbonyl (C=O) groups is 1. The van der Waals surface area contributed by atoms with E-state index in [1.807, 2.05) is 48.7 Å². The van der Waals surface area contributed by atoms with Crippen LogP contribution in [0.1, 0.15) is 10.4 Å². The number of benzene rings is 2. The largest absolute Gasteiger partial charge is 0.379 e. The van der Waals surface area contributed by atoms with Crippen molar-refractivity contribution in [3.8, 4) is 11.3 Å². The second-order valence-corrected chi connectivity index (χ2v) is 6.67. The molecule has 27 heavy (non-hydrogen) atoms. The van der Waals surface area contributed by atoms with Crippen LogP contribution in [0.25, 0.3) is 22.0 Å². The maximum absolute atomic E-state index is 12.4. The Morgan fingerprint density at radius 3 is 2.63 bits per heavy atom. The number of hydrogen-bond acceptors (Lipinski definition) is 4. The lowest BCUT2D eigenvalue weighted by molar-refractivity contribution is 0.0383. The SMILES string of the molecule is O=C(NCCN1CCOCC1)c1ccc(-c2nccc3ccccc23)cc1. The van der Waals surface area contributed by atoms with Gasteiger partial charge in [0.15, 0.2) is 0 Å². The number of fused-ring (bicyclic) bond motifs is 1. The van der Waals surface area contributed by atoms with E-state index < -0.39 is 0 Å². The van der Waals surface area contributed by atoms with Crippen molar-refractivity contribution in [1.82, 2.24) is 15.2 Å². The lowest BCUT2D eigenvalue weighted by Crippen LogP contribution is -2.41. The third kappa shape index (κ3) is 4.15. The van der Waals surface area contributed by atoms with E-state index in [9.17, 15) is 4.79 Å². The van der Waals surface area contributed by atoms with Crippen LogP contribution < -0.4 is 5.32 Å². The van der Waals surface area contributed by atoms with E-state index in [4.69, 9.17) is 4.74 Å². The second-order valence-electron chi connectivity index (χ2n) is 6.67. The van der Waals surface area contributed by atoms with Gasteiger partial charge < -0.3 is 10.1 Å². The maximum atomic E-state index is 12.4. The fraction of sp³-hybridized carbons (Fsp3) is 0.273. The molecule has 1 aliphatic heterocycles. The summed E-state index contributed by atoms with van der Waals surface area (Å²) in [6.07, 6.45) is 1.82. The van der Waals surface area contributed by atoms with Gasteiger partial charge in [-0.1, -0.05) is 36.4 Å². The van der Waals surface area contributed by atoms with Crippen molar-refractivity contribution in [1.29, 1.82) is 0 Å². The Hall–Kier alpha value is -2.76. The fourth-order valence-electron chi connectivity index (χ4n) is 3.38. The highest BCUT2D eigenvalue weighted by Gasteiger charge is 2.11. The number of nitrogens with zero attached hydrogens (tertiary/aromatic N) is 2. The van der Waals surface area contributed by atoms with E-state index in [-0.39, 0.29) is 5.91 Å². The molecule has 2 heterocycles. The van der Waals surface area contributed by atoms with E-state index in [0.717, 1.165) is 54.9 Å². The van der Waals surface area contributed by atoms with E-state index in [0.29, 0.717) is 12.1 Å². The van der Waals surface area contributed by atoms with Crippen LogP contribution in [-0.4, -0.2) is 55.2 Å². The van der Waals surface area contributed by atoms with Crippen molar-refractivity contribution in [2.45, 2.75) is 0 Å². The molecular weight excluding hydrogens is 338 g/mol. The molecule has 1 N–H and O–H groups in total. The average molecular weight is 361 g/mol. The molecule has 5 nitrogen and oxygen atoms in total. The molecule has 0 spiro atoms. The molecule has 2 aromatic carbocycles. The molecule has 1 aliphatic rings. The fourth-order valence-corrected chi connectivity index (χ4v) is 3.38. The van der Waals surface area contributed by atoms with Gasteiger partial charge in [0.05, 0.1) is 18.9 Å². The summed E-state index contributed by atoms with van der Waals surface area (Å²) in [4.78, 5) is 19.2. The topological polar surface area (TPSA) is 54.5 Å². The molecule has 1 fully saturated rings. The Morgan fingerprint density at radius 2 is 1.81 bits per heavy atom. The summed E-state index contributed by atoms with van der Waals surface area (Å²) in [7, 11) is 0. The number of aromatic nitrogens is 1. The molecule has 5 heteroatoms. The Bertz CT molecular complexity index is 913. The highest BCUT2D eigenvalue weighted by Crippen LogP contribution is 2.26. The van der Waals surface area contributed by atoms with E-state index in [2.05, 4.69) is 27.3 Å². The lowest BCUT2D eigenvalue weighted by atomic mass is 10.0. The number of hydrogen-bond donors (Lipinski definition) is 1. The summed E-state index contributed by atoms with van der Waals surface area (Å²) in [5, 5.41) is 5.27. The Balaban J connectivity index is 1.41. The van der Waals surface area contributed by atoms with Crippen LogP contribution in [0.4, 0.5) is 0 Å². The van der Waals surface area contributed by atoms with Crippen molar-refractivity contribution in [3.63, 3.8) is 0 Å². The van der Waals surface area contributed by atoms with E-state index >= 15 is 0 Å². The zero-order valence-corrected chi connectivity index (χ0v) is 15.2. The molecule has 0 atom stereocenters. The molecule has 3 aromatic rings. The Kier molecular flexibility index (Phi) is 5.42. The van der Waals surface area contributed by atoms with E-state index in [1.54, 1.807) is 0 Å². The predicted octanol–water partition coefficient (Wildman–Crippen LogP) is 2.96. The van der Waals surface area contributed by atoms with Crippen LogP contribution in [0, 0.1) is 0 Å². The van der Waals surface area contributed by atoms with Gasteiger partial charge >= 0.3 is 0 Å². The van der Waals surface area contributed by atoms with Crippen LogP contribution in [0.2, 0.25) is 0 Å². The van der Waals surface area contributed by atoms with Crippen molar-refractivity contribution in [2.75, 3.05) is 39.4 Å². The first-order valence-electron chi connectivity index (χ1n) is 9.34. The molecule has 0 bridgehead atoms. The third-order valence-electron chi connectivity index (χ3n) is 4.91. The first-order valence-corrected chi connectivity index (χ1v) is 9.34. The van der Waals surface area contributed by atoms with Crippen molar-refractivity contribution in [2.24, 2.45) is 0 Å². The number of pyridine rings is 1. The van der Waals surface area contributed by atoms with Gasteiger partial charge in [-0.2, -0.15) is 0 Å². The Labute approximate surface area is 159 Å². The molecule has 0 saturated carbocycles. The Morgan fingerprint density at radius 1 is 1.04 bits per heavy atom. The summed E-state index contributed by atoms with van der Waals surface area (Å²) >= 11 is 0. The molecule has 4 rings (SSSR count). The number of ether oxygens (including phenoxy) is 1. The molecule has 138 valence electrons. The minimum Gasteiger partial charge on any atom is -0.379 e. The van der Waals surface area contributed by atoms with Crippen LogP contribution in [0.5, 0.6) is 0 Å². The molecular formula is C22H23N3O2. The summed E-state index contributed by atoms with van der Waals surface area (Å²) in [5.41, 5.74) is 2.62. The van der Waals surface area contributed by atoms with Crippen LogP contribution >= 0.6 is 0 Å². The van der Waals surface area contributed by atoms with Crippen molar-refractivity contribution < 1.29 is 9.53 Å². The zero-order chi connectivity index (χ0) is 18.5. The van der Waals surface area contributed by atoms with Gasteiger partial charge in [0.25, 0.3) is 5.91 Å². The molecule has 1 aromatic heterocycles. The highest BCUT2D eigenvalue weighted by atomic mass is 16.5. The standard InChI is InChI=1S/C22H23N3O2/c26-22(24-11-12-25-13-15-27-16-14-25)19-7-5-18(6-8-19)21-20-4-2-1-3-17(20)9-10-23-21/h1-10H,11-16H2,(H,24,26). The monoisotopic (exact) mass is 361 g/mol. The van der Waals surface area contributed by atoms with E-state index in [1.165, 1.54) is 0 Å². The summed E-state index contributed by atoms with van der Waals surface area (Å²) < 4.78 is 5.34. The molecule has 1 amide bonds. The van der Waals surface area contributed by atoms with Gasteiger partial charge in [-0.15, -0.1) is 0 Å². The van der Waals surface area contributed by atoms with Crippen LogP contribution in [0.3, 0.4) is 0 Å². The average Bonchev–Trinajstić information content (AvgIpc) is 2.74. The number of morpholine rings is 1. The summed E-state index contributed by atoms with van der Waals surface area (Å²) in [6.45, 7) is 4.92. The minimum absolute atomic E-state index is 0.0410. The normalized spacial score (nSPS) is 15.0. The second kappa shape index (κ2) is 8.29. The van der Waals surface area contributed by atoms with Gasteiger partial charge in [-0.25, -0.2) is 0 Å². The van der Waals surface area contributed by atoms with Gasteiger partial charge in [0.1, 0.15) is 0 Å². The summed E-state index contributed by atoms with van der Waals surface area (Å²) in [6, 6.07) is 17.9. The van der Waals surface area contributed by atoms with Crippen LogP contribution in [-0.2, 0) is 4.74 Å². The minimum atomic E-state index is -0.0410. The van der Waals surface area contributed by atoms with Crippen molar-refractivity contribution >= 4 is 16.7 Å². The molecule has 1 saturated heterocycles. The number of amides is 1. The smallest absolute Gasteiger partial charge is 0.251 e. The first kappa shape index (κ1) is 17.6. The third-order valence-corrected chi connectivity index (χ3v) is 4.91. The number of rotatable bonds is 5. The van der Waals surface area contributed by atoms with Gasteiger partial charge in [-0.3, -0.25) is 14.7 Å². The number of nitrogens with one attached hydrogen (secondary N) is 1. The number of carbonyl (C=O) groups excluding carboxylic acids is 1. The van der Waals surface area contributed by atoms with Gasteiger partial charge in [-0.05, 0) is 23.6 Å². The lowest BCUT2D eigenvalue weighted by Gasteiger charge is -2.26.